The van der Waals surface area contributed by atoms with Gasteiger partial charge in [-0.25, -0.2) is 0 Å². The Bertz CT molecular complexity index is 1510. The van der Waals surface area contributed by atoms with Gasteiger partial charge in [-0.3, -0.25) is 24.3 Å². The predicted molar refractivity (Wildman–Crippen MR) is 154 cm³/mol. The lowest BCUT2D eigenvalue weighted by atomic mass is 9.87. The van der Waals surface area contributed by atoms with Crippen LogP contribution in [0.5, 0.6) is 0 Å². The Labute approximate surface area is 234 Å². The first-order chi connectivity index (χ1) is 19.4. The molecule has 1 spiro atoms. The topological polar surface area (TPSA) is 89.1 Å². The van der Waals surface area contributed by atoms with E-state index in [4.69, 9.17) is 4.99 Å². The van der Waals surface area contributed by atoms with Crippen LogP contribution in [0.4, 0.5) is 0 Å². The summed E-state index contributed by atoms with van der Waals surface area (Å²) in [6, 6.07) is 16.8. The molecule has 0 unspecified atom stereocenters. The third-order valence-corrected chi connectivity index (χ3v) is 9.25. The van der Waals surface area contributed by atoms with Crippen molar-refractivity contribution < 1.29 is 14.4 Å². The first-order valence-electron chi connectivity index (χ1n) is 14.5. The van der Waals surface area contributed by atoms with Crippen molar-refractivity contribution in [1.29, 1.82) is 0 Å². The van der Waals surface area contributed by atoms with E-state index >= 15 is 0 Å². The number of carbonyl (C=O) groups excluding carboxylic acids is 3. The van der Waals surface area contributed by atoms with Crippen LogP contribution in [0.25, 0.3) is 22.0 Å². The van der Waals surface area contributed by atoms with Gasteiger partial charge in [0.2, 0.25) is 11.8 Å². The average molecular weight is 538 g/mol. The van der Waals surface area contributed by atoms with Gasteiger partial charge in [0.15, 0.2) is 0 Å². The molecule has 3 aromatic rings. The molecule has 1 saturated carbocycles. The Kier molecular flexibility index (Phi) is 6.02. The van der Waals surface area contributed by atoms with Crippen LogP contribution in [-0.4, -0.2) is 81.5 Å². The maximum Gasteiger partial charge on any atom is 0.256 e. The minimum absolute atomic E-state index is 0.0413. The number of hydrogen-bond acceptors (Lipinski definition) is 4. The maximum atomic E-state index is 14.1. The normalized spacial score (nSPS) is 22.4. The molecular formula is C32H35N5O3. The molecule has 8 nitrogen and oxygen atoms in total. The number of aliphatic imine (C=N–C) groups is 1. The Morgan fingerprint density at radius 3 is 2.38 bits per heavy atom. The molecule has 0 radical (unpaired) electrons. The number of fused-ring (bicyclic) bond motifs is 1. The SMILES string of the molecule is CC(=O)N1CCC2(CC1)N=C(c1ccc(-c3ccc4[nH]ccc4c3)cc1)N(C[C@@H]1CCN(C(=O)C3CC3)C1)C2=O. The fraction of sp³-hybridized carbons (Fsp3) is 0.438. The van der Waals surface area contributed by atoms with Crippen molar-refractivity contribution >= 4 is 34.5 Å². The molecule has 1 N–H and O–H groups in total. The zero-order valence-corrected chi connectivity index (χ0v) is 22.9. The van der Waals surface area contributed by atoms with Gasteiger partial charge >= 0.3 is 0 Å². The van der Waals surface area contributed by atoms with Gasteiger partial charge < -0.3 is 14.8 Å². The highest BCUT2D eigenvalue weighted by Crippen LogP contribution is 2.38. The van der Waals surface area contributed by atoms with Crippen LogP contribution in [0.1, 0.15) is 44.6 Å². The number of nitrogens with zero attached hydrogens (tertiary/aromatic N) is 4. The number of benzene rings is 2. The monoisotopic (exact) mass is 537 g/mol. The molecule has 0 bridgehead atoms. The van der Waals surface area contributed by atoms with Crippen LogP contribution in [0.15, 0.2) is 59.7 Å². The van der Waals surface area contributed by atoms with E-state index in [-0.39, 0.29) is 29.6 Å². The van der Waals surface area contributed by atoms with E-state index < -0.39 is 5.54 Å². The van der Waals surface area contributed by atoms with Crippen LogP contribution < -0.4 is 0 Å². The minimum Gasteiger partial charge on any atom is -0.361 e. The first kappa shape index (κ1) is 25.1. The number of nitrogens with one attached hydrogen (secondary N) is 1. The summed E-state index contributed by atoms with van der Waals surface area (Å²) in [6.07, 6.45) is 5.95. The summed E-state index contributed by atoms with van der Waals surface area (Å²) in [7, 11) is 0. The second-order valence-corrected chi connectivity index (χ2v) is 12.0. The smallest absolute Gasteiger partial charge is 0.256 e. The highest BCUT2D eigenvalue weighted by atomic mass is 16.2. The zero-order chi connectivity index (χ0) is 27.4. The largest absolute Gasteiger partial charge is 0.361 e. The lowest BCUT2D eigenvalue weighted by Gasteiger charge is -2.36. The van der Waals surface area contributed by atoms with Crippen LogP contribution in [0.3, 0.4) is 0 Å². The molecule has 2 aromatic carbocycles. The van der Waals surface area contributed by atoms with Crippen molar-refractivity contribution in [1.82, 2.24) is 19.7 Å². The summed E-state index contributed by atoms with van der Waals surface area (Å²) in [4.78, 5) is 52.8. The molecule has 7 rings (SSSR count). The minimum atomic E-state index is -0.818. The van der Waals surface area contributed by atoms with Gasteiger partial charge in [0.25, 0.3) is 5.91 Å². The fourth-order valence-electron chi connectivity index (χ4n) is 6.64. The molecule has 3 fully saturated rings. The second kappa shape index (κ2) is 9.61. The highest BCUT2D eigenvalue weighted by molar-refractivity contribution is 6.15. The number of H-pyrrole nitrogens is 1. The van der Waals surface area contributed by atoms with Gasteiger partial charge in [0.05, 0.1) is 0 Å². The summed E-state index contributed by atoms with van der Waals surface area (Å²) < 4.78 is 0. The molecule has 8 heteroatoms. The summed E-state index contributed by atoms with van der Waals surface area (Å²) in [6.45, 7) is 4.71. The van der Waals surface area contributed by atoms with E-state index in [9.17, 15) is 14.4 Å². The van der Waals surface area contributed by atoms with Gasteiger partial charge in [-0.15, -0.1) is 0 Å². The second-order valence-electron chi connectivity index (χ2n) is 12.0. The van der Waals surface area contributed by atoms with E-state index in [2.05, 4.69) is 53.5 Å². The molecule has 3 amide bonds. The number of likely N-dealkylation sites (tertiary alicyclic amines) is 2. The maximum absolute atomic E-state index is 14.1. The first-order valence-corrected chi connectivity index (χ1v) is 14.5. The van der Waals surface area contributed by atoms with E-state index in [1.807, 2.05) is 20.9 Å². The van der Waals surface area contributed by atoms with Gasteiger partial charge in [-0.2, -0.15) is 0 Å². The summed E-state index contributed by atoms with van der Waals surface area (Å²) >= 11 is 0. The van der Waals surface area contributed by atoms with Crippen LogP contribution in [-0.2, 0) is 14.4 Å². The number of rotatable bonds is 5. The van der Waals surface area contributed by atoms with Crippen LogP contribution >= 0.6 is 0 Å². The van der Waals surface area contributed by atoms with Gasteiger partial charge in [0.1, 0.15) is 11.4 Å². The van der Waals surface area contributed by atoms with Crippen molar-refractivity contribution in [3.63, 3.8) is 0 Å². The Morgan fingerprint density at radius 2 is 1.65 bits per heavy atom. The van der Waals surface area contributed by atoms with Gasteiger partial charge in [-0.1, -0.05) is 30.3 Å². The van der Waals surface area contributed by atoms with Crippen molar-refractivity contribution in [3.8, 4) is 11.1 Å². The quantitative estimate of drug-likeness (QED) is 0.532. The molecular weight excluding hydrogens is 502 g/mol. The lowest BCUT2D eigenvalue weighted by molar-refractivity contribution is -0.137. The number of aromatic nitrogens is 1. The van der Waals surface area contributed by atoms with Crippen LogP contribution in [0, 0.1) is 11.8 Å². The average Bonchev–Trinajstić information content (AvgIpc) is 3.43. The Balaban J connectivity index is 1.16. The number of amides is 3. The fourth-order valence-corrected chi connectivity index (χ4v) is 6.64. The van der Waals surface area contributed by atoms with Crippen molar-refractivity contribution in [2.24, 2.45) is 16.8 Å². The standard InChI is InChI=1S/C32H35N5O3/c1-21(38)35-16-12-32(13-17-35)31(40)37(20-22-11-15-36(19-22)30(39)25-6-7-25)29(34-32)24-4-2-23(3-5-24)26-8-9-28-27(18-26)10-14-33-28/h2-5,8-10,14,18,22,25,33H,6-7,11-13,15-17,19-20H2,1H3/t22-/m1/s1. The summed E-state index contributed by atoms with van der Waals surface area (Å²) in [5, 5.41) is 1.17. The van der Waals surface area contributed by atoms with Crippen molar-refractivity contribution in [2.75, 3.05) is 32.7 Å². The molecule has 4 aliphatic rings. The van der Waals surface area contributed by atoms with E-state index in [1.54, 1.807) is 6.92 Å². The number of hydrogen-bond donors (Lipinski definition) is 1. The Hall–Kier alpha value is -3.94. The Morgan fingerprint density at radius 1 is 0.925 bits per heavy atom. The van der Waals surface area contributed by atoms with E-state index in [1.165, 1.54) is 5.39 Å². The van der Waals surface area contributed by atoms with Crippen LogP contribution in [0.2, 0.25) is 0 Å². The van der Waals surface area contributed by atoms with Gasteiger partial charge in [0, 0.05) is 62.8 Å². The summed E-state index contributed by atoms with van der Waals surface area (Å²) in [5.41, 5.74) is 3.47. The molecule has 2 saturated heterocycles. The van der Waals surface area contributed by atoms with Gasteiger partial charge in [-0.05, 0) is 72.7 Å². The molecule has 4 heterocycles. The molecule has 3 aliphatic heterocycles. The van der Waals surface area contributed by atoms with Crippen molar-refractivity contribution in [2.45, 2.75) is 44.6 Å². The summed E-state index contributed by atoms with van der Waals surface area (Å²) in [5.74, 6) is 1.54. The van der Waals surface area contributed by atoms with E-state index in [0.29, 0.717) is 39.0 Å². The third kappa shape index (κ3) is 4.39. The highest BCUT2D eigenvalue weighted by Gasteiger charge is 2.51. The molecule has 40 heavy (non-hydrogen) atoms. The zero-order valence-electron chi connectivity index (χ0n) is 22.9. The molecule has 206 valence electrons. The molecule has 1 atom stereocenters. The molecule has 1 aromatic heterocycles. The lowest BCUT2D eigenvalue weighted by Crippen LogP contribution is -2.51. The number of amidine groups is 1. The van der Waals surface area contributed by atoms with Crippen molar-refractivity contribution in [3.05, 3.63) is 60.3 Å². The molecule has 1 aliphatic carbocycles. The van der Waals surface area contributed by atoms with E-state index in [0.717, 1.165) is 53.8 Å². The number of aromatic amines is 1. The number of carbonyl (C=O) groups is 3. The predicted octanol–water partition coefficient (Wildman–Crippen LogP) is 4.06. The number of piperidine rings is 1. The third-order valence-electron chi connectivity index (χ3n) is 9.25.